The van der Waals surface area contributed by atoms with Crippen LogP contribution in [0.15, 0.2) is 8.68 Å². The summed E-state index contributed by atoms with van der Waals surface area (Å²) in [6, 6.07) is 0. The molecular weight excluding hydrogens is 248 g/mol. The SMILES string of the molecule is CSc1nnc(SC2CCCC(=O)C2)s1. The van der Waals surface area contributed by atoms with E-state index in [1.165, 1.54) is 0 Å². The van der Waals surface area contributed by atoms with Crippen molar-refractivity contribution < 1.29 is 4.79 Å². The maximum absolute atomic E-state index is 11.3. The Kier molecular flexibility index (Phi) is 4.05. The molecule has 1 aromatic heterocycles. The third-order valence-corrected chi connectivity index (χ3v) is 5.52. The van der Waals surface area contributed by atoms with Crippen molar-refractivity contribution in [1.82, 2.24) is 10.2 Å². The predicted molar refractivity (Wildman–Crippen MR) is 64.8 cm³/mol. The molecular formula is C9H12N2OS3. The third-order valence-electron chi connectivity index (χ3n) is 2.27. The van der Waals surface area contributed by atoms with Gasteiger partial charge in [-0.25, -0.2) is 0 Å². The van der Waals surface area contributed by atoms with E-state index in [1.54, 1.807) is 34.9 Å². The van der Waals surface area contributed by atoms with E-state index in [0.717, 1.165) is 27.9 Å². The average molecular weight is 260 g/mol. The van der Waals surface area contributed by atoms with E-state index in [2.05, 4.69) is 10.2 Å². The van der Waals surface area contributed by atoms with Crippen molar-refractivity contribution in [2.75, 3.05) is 6.26 Å². The molecule has 3 nitrogen and oxygen atoms in total. The van der Waals surface area contributed by atoms with Gasteiger partial charge in [0.15, 0.2) is 8.68 Å². The standard InChI is InChI=1S/C9H12N2OS3/c1-13-8-10-11-9(15-8)14-7-4-2-3-6(12)5-7/h7H,2-5H2,1H3. The van der Waals surface area contributed by atoms with E-state index >= 15 is 0 Å². The quantitative estimate of drug-likeness (QED) is 0.782. The van der Waals surface area contributed by atoms with Gasteiger partial charge in [0.2, 0.25) is 0 Å². The number of thioether (sulfide) groups is 2. The highest BCUT2D eigenvalue weighted by atomic mass is 32.2. The van der Waals surface area contributed by atoms with Crippen molar-refractivity contribution in [3.05, 3.63) is 0 Å². The molecule has 2 rings (SSSR count). The molecule has 0 aliphatic heterocycles. The third kappa shape index (κ3) is 3.19. The van der Waals surface area contributed by atoms with Gasteiger partial charge in [0.1, 0.15) is 5.78 Å². The molecule has 6 heteroatoms. The predicted octanol–water partition coefficient (Wildman–Crippen LogP) is 2.86. The molecule has 1 unspecified atom stereocenters. The van der Waals surface area contributed by atoms with Gasteiger partial charge in [-0.3, -0.25) is 4.79 Å². The Morgan fingerprint density at radius 3 is 2.87 bits per heavy atom. The normalized spacial score (nSPS) is 21.9. The molecule has 1 atom stereocenters. The van der Waals surface area contributed by atoms with Crippen LogP contribution in [0.25, 0.3) is 0 Å². The van der Waals surface area contributed by atoms with Crippen LogP contribution in [-0.4, -0.2) is 27.5 Å². The van der Waals surface area contributed by atoms with Gasteiger partial charge in [-0.2, -0.15) is 0 Å². The number of hydrogen-bond acceptors (Lipinski definition) is 6. The zero-order valence-electron chi connectivity index (χ0n) is 8.43. The highest BCUT2D eigenvalue weighted by Crippen LogP contribution is 2.35. The van der Waals surface area contributed by atoms with E-state index in [-0.39, 0.29) is 0 Å². The second kappa shape index (κ2) is 5.32. The summed E-state index contributed by atoms with van der Waals surface area (Å²) in [4.78, 5) is 11.3. The Labute approximate surface area is 101 Å². The molecule has 0 bridgehead atoms. The molecule has 0 amide bonds. The fourth-order valence-corrected chi connectivity index (χ4v) is 4.48. The Morgan fingerprint density at radius 2 is 2.20 bits per heavy atom. The van der Waals surface area contributed by atoms with Gasteiger partial charge in [0.25, 0.3) is 0 Å². The van der Waals surface area contributed by atoms with E-state index in [0.29, 0.717) is 17.5 Å². The van der Waals surface area contributed by atoms with Crippen LogP contribution < -0.4 is 0 Å². The lowest BCUT2D eigenvalue weighted by Crippen LogP contribution is -2.16. The Balaban J connectivity index is 1.93. The van der Waals surface area contributed by atoms with Gasteiger partial charge >= 0.3 is 0 Å². The lowest BCUT2D eigenvalue weighted by molar-refractivity contribution is -0.120. The number of nitrogens with zero attached hydrogens (tertiary/aromatic N) is 2. The average Bonchev–Trinajstić information content (AvgIpc) is 2.65. The Bertz CT molecular complexity index is 353. The lowest BCUT2D eigenvalue weighted by atomic mass is 9.99. The van der Waals surface area contributed by atoms with Crippen LogP contribution in [-0.2, 0) is 4.79 Å². The Hall–Kier alpha value is -0.0700. The molecule has 82 valence electrons. The summed E-state index contributed by atoms with van der Waals surface area (Å²) < 4.78 is 2.00. The van der Waals surface area contributed by atoms with Gasteiger partial charge in [0.05, 0.1) is 0 Å². The smallest absolute Gasteiger partial charge is 0.175 e. The van der Waals surface area contributed by atoms with Crippen molar-refractivity contribution in [2.45, 2.75) is 39.6 Å². The first-order valence-corrected chi connectivity index (χ1v) is 7.76. The van der Waals surface area contributed by atoms with Gasteiger partial charge in [-0.05, 0) is 19.1 Å². The van der Waals surface area contributed by atoms with E-state index < -0.39 is 0 Å². The molecule has 0 saturated heterocycles. The van der Waals surface area contributed by atoms with Crippen LogP contribution in [0.4, 0.5) is 0 Å². The van der Waals surface area contributed by atoms with Crippen molar-refractivity contribution in [1.29, 1.82) is 0 Å². The largest absolute Gasteiger partial charge is 0.300 e. The minimum atomic E-state index is 0.397. The second-order valence-corrected chi connectivity index (χ2v) is 6.99. The number of Topliss-reactive ketones (excluding diaryl/α,β-unsaturated/α-hetero) is 1. The van der Waals surface area contributed by atoms with Gasteiger partial charge in [0, 0.05) is 18.1 Å². The van der Waals surface area contributed by atoms with Crippen molar-refractivity contribution in [3.8, 4) is 0 Å². The van der Waals surface area contributed by atoms with Gasteiger partial charge in [-0.1, -0.05) is 34.9 Å². The molecule has 0 radical (unpaired) electrons. The van der Waals surface area contributed by atoms with Gasteiger partial charge < -0.3 is 0 Å². The van der Waals surface area contributed by atoms with Crippen molar-refractivity contribution in [2.24, 2.45) is 0 Å². The van der Waals surface area contributed by atoms with Crippen LogP contribution in [0.1, 0.15) is 25.7 Å². The fourth-order valence-electron chi connectivity index (χ4n) is 1.56. The summed E-state index contributed by atoms with van der Waals surface area (Å²) in [6.45, 7) is 0. The second-order valence-electron chi connectivity index (χ2n) is 3.41. The molecule has 1 fully saturated rings. The zero-order chi connectivity index (χ0) is 10.7. The van der Waals surface area contributed by atoms with Crippen LogP contribution in [0, 0.1) is 0 Å². The fraction of sp³-hybridized carbons (Fsp3) is 0.667. The first-order chi connectivity index (χ1) is 7.28. The summed E-state index contributed by atoms with van der Waals surface area (Å²) in [5.74, 6) is 0.397. The minimum absolute atomic E-state index is 0.397. The number of rotatable bonds is 3. The summed E-state index contributed by atoms with van der Waals surface area (Å²) in [7, 11) is 0. The molecule has 1 saturated carbocycles. The molecule has 15 heavy (non-hydrogen) atoms. The van der Waals surface area contributed by atoms with Gasteiger partial charge in [-0.15, -0.1) is 10.2 Å². The monoisotopic (exact) mass is 260 g/mol. The summed E-state index contributed by atoms with van der Waals surface area (Å²) in [5.41, 5.74) is 0. The number of aromatic nitrogens is 2. The highest BCUT2D eigenvalue weighted by molar-refractivity contribution is 8.03. The summed E-state index contributed by atoms with van der Waals surface area (Å²) >= 11 is 4.95. The summed E-state index contributed by atoms with van der Waals surface area (Å²) in [6.07, 6.45) is 5.64. The molecule has 0 spiro atoms. The first-order valence-electron chi connectivity index (χ1n) is 4.84. The molecule has 1 aliphatic rings. The van der Waals surface area contributed by atoms with Crippen molar-refractivity contribution in [3.63, 3.8) is 0 Å². The Morgan fingerprint density at radius 1 is 1.40 bits per heavy atom. The van der Waals surface area contributed by atoms with Crippen LogP contribution >= 0.6 is 34.9 Å². The van der Waals surface area contributed by atoms with Crippen LogP contribution in [0.5, 0.6) is 0 Å². The first kappa shape index (κ1) is 11.4. The maximum Gasteiger partial charge on any atom is 0.175 e. The number of carbonyl (C=O) groups excluding carboxylic acids is 1. The zero-order valence-corrected chi connectivity index (χ0v) is 10.9. The minimum Gasteiger partial charge on any atom is -0.300 e. The topological polar surface area (TPSA) is 42.9 Å². The van der Waals surface area contributed by atoms with Crippen LogP contribution in [0.2, 0.25) is 0 Å². The van der Waals surface area contributed by atoms with Crippen molar-refractivity contribution >= 4 is 40.6 Å². The number of ketones is 1. The molecule has 1 heterocycles. The number of carbonyl (C=O) groups is 1. The molecule has 1 aliphatic carbocycles. The summed E-state index contributed by atoms with van der Waals surface area (Å²) in [5, 5.41) is 8.58. The van der Waals surface area contributed by atoms with E-state index in [1.807, 2.05) is 6.26 Å². The molecule has 0 aromatic carbocycles. The lowest BCUT2D eigenvalue weighted by Gasteiger charge is -2.18. The maximum atomic E-state index is 11.3. The molecule has 0 N–H and O–H groups in total. The van der Waals surface area contributed by atoms with E-state index in [9.17, 15) is 4.79 Å². The van der Waals surface area contributed by atoms with E-state index in [4.69, 9.17) is 0 Å². The highest BCUT2D eigenvalue weighted by Gasteiger charge is 2.21. The van der Waals surface area contributed by atoms with Crippen LogP contribution in [0.3, 0.4) is 0 Å². The number of hydrogen-bond donors (Lipinski definition) is 0. The molecule has 1 aromatic rings.